The van der Waals surface area contributed by atoms with E-state index in [2.05, 4.69) is 42.5 Å². The van der Waals surface area contributed by atoms with E-state index in [4.69, 9.17) is 0 Å². The van der Waals surface area contributed by atoms with Crippen molar-refractivity contribution < 1.29 is 28.8 Å². The van der Waals surface area contributed by atoms with Crippen LogP contribution in [0.15, 0.2) is 42.5 Å². The van der Waals surface area contributed by atoms with Crippen molar-refractivity contribution in [3.8, 4) is 0 Å². The van der Waals surface area contributed by atoms with Gasteiger partial charge in [-0.25, -0.2) is 0 Å². The van der Waals surface area contributed by atoms with Crippen LogP contribution in [0.5, 0.6) is 0 Å². The van der Waals surface area contributed by atoms with Crippen LogP contribution in [-0.4, -0.2) is 0 Å². The summed E-state index contributed by atoms with van der Waals surface area (Å²) in [6, 6.07) is 14.7. The van der Waals surface area contributed by atoms with Crippen LogP contribution in [0, 0.1) is 7.43 Å². The third-order valence-corrected chi connectivity index (χ3v) is 1.55. The minimum Gasteiger partial charge on any atom is -0.168 e. The van der Waals surface area contributed by atoms with Gasteiger partial charge in [0.15, 0.2) is 0 Å². The summed E-state index contributed by atoms with van der Waals surface area (Å²) in [5.74, 6) is 0. The summed E-state index contributed by atoms with van der Waals surface area (Å²) in [4.78, 5) is 0. The molecule has 0 spiro atoms. The van der Waals surface area contributed by atoms with Crippen LogP contribution in [0.1, 0.15) is 0 Å². The van der Waals surface area contributed by atoms with E-state index in [0.29, 0.717) is 0 Å². The molecule has 0 aliphatic carbocycles. The number of hydrogen-bond donors (Lipinski definition) is 0. The summed E-state index contributed by atoms with van der Waals surface area (Å²) in [5.41, 5.74) is 0. The largest absolute Gasteiger partial charge is 0.168 e. The summed E-state index contributed by atoms with van der Waals surface area (Å²) in [7, 11) is 0. The molecule has 0 amide bonds. The van der Waals surface area contributed by atoms with Gasteiger partial charge in [-0.05, 0) is 0 Å². The van der Waals surface area contributed by atoms with Crippen LogP contribution >= 0.6 is 0 Å². The molecule has 2 aromatic rings. The fraction of sp³-hybridized carbons (Fsp3) is 0. The molecule has 0 unspecified atom stereocenters. The number of rotatable bonds is 0. The van der Waals surface area contributed by atoms with E-state index in [9.17, 15) is 9.28 Å². The first-order valence-corrected chi connectivity index (χ1v) is 5.41. The SMILES string of the molecule is [CH3-].[F][Ti]([F])[F].c1ccc2[cH-]ccc2c1. The molecule has 14 heavy (non-hydrogen) atoms. The van der Waals surface area contributed by atoms with Gasteiger partial charge in [0.1, 0.15) is 0 Å². The molecule has 0 N–H and O–H groups in total. The number of fused-ring (bicyclic) bond motifs is 1. The van der Waals surface area contributed by atoms with Gasteiger partial charge < -0.3 is 7.43 Å². The maximum atomic E-state index is 9.83. The number of halogens is 3. The molecule has 0 bridgehead atoms. The van der Waals surface area contributed by atoms with Crippen molar-refractivity contribution in [1.29, 1.82) is 0 Å². The van der Waals surface area contributed by atoms with Gasteiger partial charge in [0.25, 0.3) is 0 Å². The molecular formula is C10H10F3Ti-2. The summed E-state index contributed by atoms with van der Waals surface area (Å²) in [6.45, 7) is 0. The monoisotopic (exact) mass is 235 g/mol. The van der Waals surface area contributed by atoms with Crippen molar-refractivity contribution >= 4 is 10.8 Å². The first-order chi connectivity index (χ1) is 6.20. The maximum Gasteiger partial charge on any atom is -0.0809 e. The van der Waals surface area contributed by atoms with Crippen molar-refractivity contribution in [1.82, 2.24) is 0 Å². The molecule has 2 aromatic carbocycles. The standard InChI is InChI=1S/C9H7.CH3.3FH.Ti/c1-2-5-9-7-3-6-8(9)4-1;;;;;/h1-7H;1H3;3*1H;/q2*-1;;;;+3/p-3. The van der Waals surface area contributed by atoms with E-state index in [-0.39, 0.29) is 7.43 Å². The molecule has 77 valence electrons. The molecule has 0 saturated heterocycles. The average molecular weight is 235 g/mol. The molecule has 0 aliphatic rings. The predicted molar refractivity (Wildman–Crippen MR) is 49.3 cm³/mol. The topological polar surface area (TPSA) is 0 Å². The van der Waals surface area contributed by atoms with Crippen molar-refractivity contribution in [2.75, 3.05) is 0 Å². The average Bonchev–Trinajstić information content (AvgIpc) is 2.49. The van der Waals surface area contributed by atoms with E-state index >= 15 is 0 Å². The fourth-order valence-corrected chi connectivity index (χ4v) is 1.07. The smallest absolute Gasteiger partial charge is 0.0809 e. The van der Waals surface area contributed by atoms with Crippen LogP contribution in [-0.2, 0) is 19.5 Å². The quantitative estimate of drug-likeness (QED) is 0.472. The zero-order chi connectivity index (χ0) is 9.68. The van der Waals surface area contributed by atoms with E-state index in [1.54, 1.807) is 0 Å². The van der Waals surface area contributed by atoms with Crippen LogP contribution < -0.4 is 0 Å². The molecule has 0 aliphatic heterocycles. The van der Waals surface area contributed by atoms with Gasteiger partial charge in [-0.2, -0.15) is 17.5 Å². The fourth-order valence-electron chi connectivity index (χ4n) is 1.07. The Bertz CT molecular complexity index is 324. The second-order valence-electron chi connectivity index (χ2n) is 2.37. The van der Waals surface area contributed by atoms with Crippen molar-refractivity contribution in [3.63, 3.8) is 0 Å². The first-order valence-electron chi connectivity index (χ1n) is 3.64. The Hall–Kier alpha value is -0.666. The Balaban J connectivity index is 0.000000299. The molecule has 0 radical (unpaired) electrons. The first kappa shape index (κ1) is 13.3. The molecule has 0 nitrogen and oxygen atoms in total. The molecule has 4 heteroatoms. The summed E-state index contributed by atoms with van der Waals surface area (Å²) < 4.78 is 29.5. The Morgan fingerprint density at radius 3 is 2.14 bits per heavy atom. The van der Waals surface area contributed by atoms with Gasteiger partial charge >= 0.3 is 28.8 Å². The maximum absolute atomic E-state index is 9.83. The second-order valence-corrected chi connectivity index (χ2v) is 3.04. The van der Waals surface area contributed by atoms with Crippen LogP contribution in [0.3, 0.4) is 0 Å². The van der Waals surface area contributed by atoms with Gasteiger partial charge in [-0.3, -0.25) is 0 Å². The van der Waals surface area contributed by atoms with Gasteiger partial charge in [0, 0.05) is 0 Å². The Kier molecular flexibility index (Phi) is 6.42. The van der Waals surface area contributed by atoms with E-state index in [1.807, 2.05) is 0 Å². The minimum atomic E-state index is -4.83. The van der Waals surface area contributed by atoms with Crippen LogP contribution in [0.2, 0.25) is 0 Å². The minimum absolute atomic E-state index is 0. The molecule has 0 aromatic heterocycles. The normalized spacial score (nSPS) is 8.50. The van der Waals surface area contributed by atoms with Crippen molar-refractivity contribution in [3.05, 3.63) is 49.9 Å². The van der Waals surface area contributed by atoms with E-state index in [1.165, 1.54) is 10.8 Å². The van der Waals surface area contributed by atoms with Crippen molar-refractivity contribution in [2.24, 2.45) is 0 Å². The number of hydrogen-bond acceptors (Lipinski definition) is 0. The van der Waals surface area contributed by atoms with Gasteiger partial charge in [-0.15, -0.1) is 29.7 Å². The Morgan fingerprint density at radius 1 is 1.00 bits per heavy atom. The van der Waals surface area contributed by atoms with E-state index < -0.39 is 19.5 Å². The Labute approximate surface area is 89.6 Å². The van der Waals surface area contributed by atoms with Gasteiger partial charge in [0.2, 0.25) is 0 Å². The number of benzene rings is 1. The molecule has 0 saturated carbocycles. The molecule has 0 atom stereocenters. The van der Waals surface area contributed by atoms with Crippen LogP contribution in [0.25, 0.3) is 10.8 Å². The zero-order valence-corrected chi connectivity index (χ0v) is 9.24. The zero-order valence-electron chi connectivity index (χ0n) is 7.68. The summed E-state index contributed by atoms with van der Waals surface area (Å²) in [6.07, 6.45) is 0. The molecule has 2 rings (SSSR count). The van der Waals surface area contributed by atoms with Gasteiger partial charge in [0.05, 0.1) is 0 Å². The molecular weight excluding hydrogens is 225 g/mol. The summed E-state index contributed by atoms with van der Waals surface area (Å²) in [5, 5.41) is 2.66. The molecule has 0 fully saturated rings. The summed E-state index contributed by atoms with van der Waals surface area (Å²) >= 11 is -4.83. The van der Waals surface area contributed by atoms with Crippen molar-refractivity contribution in [2.45, 2.75) is 0 Å². The molecule has 0 heterocycles. The van der Waals surface area contributed by atoms with Crippen LogP contribution in [0.4, 0.5) is 9.28 Å². The second kappa shape index (κ2) is 6.74. The Morgan fingerprint density at radius 2 is 1.57 bits per heavy atom. The third kappa shape index (κ3) is 4.54. The third-order valence-electron chi connectivity index (χ3n) is 1.55. The predicted octanol–water partition coefficient (Wildman–Crippen LogP) is 4.27. The van der Waals surface area contributed by atoms with E-state index in [0.717, 1.165) is 0 Å². The van der Waals surface area contributed by atoms with Gasteiger partial charge in [-0.1, -0.05) is 6.07 Å².